The number of nitrogens with zero attached hydrogens (tertiary/aromatic N) is 2. The number of likely N-dealkylation sites (tertiary alicyclic amines) is 1. The smallest absolute Gasteiger partial charge is 0.320 e. The number of thioether (sulfide) groups is 1. The van der Waals surface area contributed by atoms with Crippen molar-refractivity contribution in [2.24, 2.45) is 5.92 Å². The second kappa shape index (κ2) is 5.09. The Hall–Kier alpha value is -0.380. The molecule has 0 aromatic rings. The highest BCUT2D eigenvalue weighted by Gasteiger charge is 2.32. The molecule has 0 N–H and O–H groups in total. The fraction of sp³-hybridized carbons (Fsp3) is 0.923. The fourth-order valence-corrected chi connectivity index (χ4v) is 3.85. The molecule has 0 aliphatic carbocycles. The first-order chi connectivity index (χ1) is 7.98. The van der Waals surface area contributed by atoms with Gasteiger partial charge in [0, 0.05) is 36.7 Å². The SMILES string of the molecule is CC1CCCN(C(=O)N2CCSC(C)(C)C2)C1. The predicted octanol–water partition coefficient (Wildman–Crippen LogP) is 2.67. The molecule has 0 bridgehead atoms. The van der Waals surface area contributed by atoms with E-state index in [-0.39, 0.29) is 10.8 Å². The van der Waals surface area contributed by atoms with Crippen molar-refractivity contribution in [1.29, 1.82) is 0 Å². The second-order valence-electron chi connectivity index (χ2n) is 6.01. The number of carbonyl (C=O) groups excluding carboxylic acids is 1. The second-order valence-corrected chi connectivity index (χ2v) is 7.81. The van der Waals surface area contributed by atoms with Crippen molar-refractivity contribution in [2.75, 3.05) is 31.9 Å². The Labute approximate surface area is 109 Å². The van der Waals surface area contributed by atoms with Crippen molar-refractivity contribution in [3.05, 3.63) is 0 Å². The molecule has 1 atom stereocenters. The van der Waals surface area contributed by atoms with E-state index >= 15 is 0 Å². The third-order valence-corrected chi connectivity index (χ3v) is 4.92. The standard InChI is InChI=1S/C13H24N2OS/c1-11-5-4-6-14(9-11)12(16)15-7-8-17-13(2,3)10-15/h11H,4-10H2,1-3H3. The number of amides is 2. The molecule has 2 fully saturated rings. The monoisotopic (exact) mass is 256 g/mol. The van der Waals surface area contributed by atoms with Gasteiger partial charge in [0.15, 0.2) is 0 Å². The maximum atomic E-state index is 12.4. The van der Waals surface area contributed by atoms with Gasteiger partial charge < -0.3 is 9.80 Å². The maximum absolute atomic E-state index is 12.4. The average molecular weight is 256 g/mol. The Morgan fingerprint density at radius 2 is 2.06 bits per heavy atom. The zero-order chi connectivity index (χ0) is 12.5. The van der Waals surface area contributed by atoms with Gasteiger partial charge in [-0.15, -0.1) is 0 Å². The highest BCUT2D eigenvalue weighted by atomic mass is 32.2. The molecule has 17 heavy (non-hydrogen) atoms. The fourth-order valence-electron chi connectivity index (χ4n) is 2.74. The Bertz CT molecular complexity index is 293. The number of urea groups is 1. The molecule has 2 amide bonds. The van der Waals surface area contributed by atoms with E-state index in [4.69, 9.17) is 0 Å². The number of carbonyl (C=O) groups is 1. The number of piperidine rings is 1. The van der Waals surface area contributed by atoms with Crippen molar-refractivity contribution in [1.82, 2.24) is 9.80 Å². The summed E-state index contributed by atoms with van der Waals surface area (Å²) in [6.45, 7) is 10.4. The average Bonchev–Trinajstić information content (AvgIpc) is 2.26. The Kier molecular flexibility index (Phi) is 3.91. The summed E-state index contributed by atoms with van der Waals surface area (Å²) in [6.07, 6.45) is 2.43. The highest BCUT2D eigenvalue weighted by molar-refractivity contribution is 8.00. The van der Waals surface area contributed by atoms with Gasteiger partial charge in [0.25, 0.3) is 0 Å². The van der Waals surface area contributed by atoms with Gasteiger partial charge in [-0.3, -0.25) is 0 Å². The van der Waals surface area contributed by atoms with Crippen LogP contribution in [-0.4, -0.2) is 52.5 Å². The summed E-state index contributed by atoms with van der Waals surface area (Å²) < 4.78 is 0.218. The lowest BCUT2D eigenvalue weighted by Gasteiger charge is -2.41. The van der Waals surface area contributed by atoms with Gasteiger partial charge in [-0.1, -0.05) is 6.92 Å². The molecule has 3 nitrogen and oxygen atoms in total. The number of rotatable bonds is 0. The van der Waals surface area contributed by atoms with Gasteiger partial charge in [0.2, 0.25) is 0 Å². The van der Waals surface area contributed by atoms with Crippen LogP contribution >= 0.6 is 11.8 Å². The summed E-state index contributed by atoms with van der Waals surface area (Å²) in [5, 5.41) is 0. The first-order valence-electron chi connectivity index (χ1n) is 6.66. The predicted molar refractivity (Wildman–Crippen MR) is 73.5 cm³/mol. The van der Waals surface area contributed by atoms with E-state index in [1.807, 2.05) is 11.8 Å². The minimum absolute atomic E-state index is 0.218. The molecule has 1 unspecified atom stereocenters. The first kappa shape index (κ1) is 13.1. The molecular weight excluding hydrogens is 232 g/mol. The molecule has 0 radical (unpaired) electrons. The molecule has 0 aromatic heterocycles. The van der Waals surface area contributed by atoms with Crippen molar-refractivity contribution in [3.63, 3.8) is 0 Å². The van der Waals surface area contributed by atoms with E-state index in [1.165, 1.54) is 12.8 Å². The van der Waals surface area contributed by atoms with E-state index in [1.54, 1.807) is 0 Å². The van der Waals surface area contributed by atoms with Crippen molar-refractivity contribution < 1.29 is 4.79 Å². The summed E-state index contributed by atoms with van der Waals surface area (Å²) in [5.74, 6) is 1.74. The molecule has 98 valence electrons. The van der Waals surface area contributed by atoms with E-state index in [9.17, 15) is 4.79 Å². The molecule has 2 aliphatic rings. The molecule has 2 saturated heterocycles. The quantitative estimate of drug-likeness (QED) is 0.665. The highest BCUT2D eigenvalue weighted by Crippen LogP contribution is 2.30. The largest absolute Gasteiger partial charge is 0.324 e. The number of hydrogen-bond acceptors (Lipinski definition) is 2. The van der Waals surface area contributed by atoms with Crippen molar-refractivity contribution in [3.8, 4) is 0 Å². The Morgan fingerprint density at radius 3 is 2.71 bits per heavy atom. The molecule has 2 heterocycles. The van der Waals surface area contributed by atoms with Crippen LogP contribution in [0.4, 0.5) is 4.79 Å². The topological polar surface area (TPSA) is 23.6 Å². The third kappa shape index (κ3) is 3.30. The minimum Gasteiger partial charge on any atom is -0.324 e. The van der Waals surface area contributed by atoms with E-state index in [0.717, 1.165) is 31.9 Å². The van der Waals surface area contributed by atoms with Crippen LogP contribution in [0.25, 0.3) is 0 Å². The summed E-state index contributed by atoms with van der Waals surface area (Å²) in [6, 6.07) is 0.268. The molecule has 4 heteroatoms. The van der Waals surface area contributed by atoms with Crippen LogP contribution in [0.2, 0.25) is 0 Å². The van der Waals surface area contributed by atoms with Crippen LogP contribution in [0.15, 0.2) is 0 Å². The van der Waals surface area contributed by atoms with E-state index in [2.05, 4.69) is 30.6 Å². The van der Waals surface area contributed by atoms with Crippen molar-refractivity contribution in [2.45, 2.75) is 38.4 Å². The van der Waals surface area contributed by atoms with Gasteiger partial charge in [-0.25, -0.2) is 4.79 Å². The zero-order valence-corrected chi connectivity index (χ0v) is 12.1. The van der Waals surface area contributed by atoms with E-state index < -0.39 is 0 Å². The zero-order valence-electron chi connectivity index (χ0n) is 11.2. The first-order valence-corrected chi connectivity index (χ1v) is 7.64. The minimum atomic E-state index is 0.218. The molecule has 0 spiro atoms. The van der Waals surface area contributed by atoms with Gasteiger partial charge >= 0.3 is 6.03 Å². The molecule has 0 aromatic carbocycles. The van der Waals surface area contributed by atoms with Gasteiger partial charge in [-0.05, 0) is 32.6 Å². The maximum Gasteiger partial charge on any atom is 0.320 e. The molecule has 2 rings (SSSR count). The molecular formula is C13H24N2OS. The third-order valence-electron chi connectivity index (χ3n) is 3.62. The normalized spacial score (nSPS) is 29.2. The molecule has 2 aliphatic heterocycles. The summed E-state index contributed by atoms with van der Waals surface area (Å²) in [5.41, 5.74) is 0. The lowest BCUT2D eigenvalue weighted by Crippen LogP contribution is -2.53. The van der Waals surface area contributed by atoms with E-state index in [0.29, 0.717) is 5.92 Å². The van der Waals surface area contributed by atoms with Crippen LogP contribution < -0.4 is 0 Å². The number of hydrogen-bond donors (Lipinski definition) is 0. The summed E-state index contributed by atoms with van der Waals surface area (Å²) >= 11 is 1.98. The molecule has 0 saturated carbocycles. The van der Waals surface area contributed by atoms with Crippen molar-refractivity contribution >= 4 is 17.8 Å². The van der Waals surface area contributed by atoms with Crippen LogP contribution in [0.5, 0.6) is 0 Å². The van der Waals surface area contributed by atoms with Crippen LogP contribution in [0, 0.1) is 5.92 Å². The lowest BCUT2D eigenvalue weighted by molar-refractivity contribution is 0.129. The lowest BCUT2D eigenvalue weighted by atomic mass is 10.0. The van der Waals surface area contributed by atoms with Crippen LogP contribution in [0.3, 0.4) is 0 Å². The van der Waals surface area contributed by atoms with Crippen LogP contribution in [-0.2, 0) is 0 Å². The van der Waals surface area contributed by atoms with Gasteiger partial charge in [0.05, 0.1) is 0 Å². The Balaban J connectivity index is 1.94. The van der Waals surface area contributed by atoms with Crippen LogP contribution in [0.1, 0.15) is 33.6 Å². The summed E-state index contributed by atoms with van der Waals surface area (Å²) in [7, 11) is 0. The van der Waals surface area contributed by atoms with Gasteiger partial charge in [0.1, 0.15) is 0 Å². The van der Waals surface area contributed by atoms with Gasteiger partial charge in [-0.2, -0.15) is 11.8 Å². The Morgan fingerprint density at radius 1 is 1.29 bits per heavy atom. The summed E-state index contributed by atoms with van der Waals surface area (Å²) in [4.78, 5) is 16.5.